The highest BCUT2D eigenvalue weighted by atomic mass is 16.6. The molecule has 1 atom stereocenters. The summed E-state index contributed by atoms with van der Waals surface area (Å²) in [5.74, 6) is -0.407. The third-order valence-electron chi connectivity index (χ3n) is 9.69. The Labute approximate surface area is 323 Å². The molecule has 0 heterocycles. The average molecular weight is 731 g/mol. The summed E-state index contributed by atoms with van der Waals surface area (Å²) in [5, 5.41) is 0. The van der Waals surface area contributed by atoms with Gasteiger partial charge in [0.2, 0.25) is 0 Å². The van der Waals surface area contributed by atoms with Gasteiger partial charge in [-0.05, 0) is 51.4 Å². The van der Waals surface area contributed by atoms with Crippen molar-refractivity contribution in [2.45, 2.75) is 232 Å². The molecule has 0 fully saturated rings. The molecular formula is C47H86O5. The maximum absolute atomic E-state index is 12.5. The molecule has 0 radical (unpaired) electrons. The van der Waals surface area contributed by atoms with Crippen LogP contribution in [0.1, 0.15) is 226 Å². The van der Waals surface area contributed by atoms with Crippen LogP contribution >= 0.6 is 0 Å². The van der Waals surface area contributed by atoms with Gasteiger partial charge in [0.1, 0.15) is 6.61 Å². The van der Waals surface area contributed by atoms with Gasteiger partial charge in [0.15, 0.2) is 6.10 Å². The van der Waals surface area contributed by atoms with Crippen LogP contribution in [-0.4, -0.2) is 37.9 Å². The summed E-state index contributed by atoms with van der Waals surface area (Å²) in [7, 11) is 0. The first-order chi connectivity index (χ1) is 25.6. The fraction of sp³-hybridized carbons (Fsp3) is 0.830. The number of unbranched alkanes of at least 4 members (excludes halogenated alkanes) is 24. The number of allylic oxidation sites excluding steroid dienone is 6. The van der Waals surface area contributed by atoms with Crippen LogP contribution in [-0.2, 0) is 23.8 Å². The van der Waals surface area contributed by atoms with Crippen molar-refractivity contribution in [2.75, 3.05) is 19.8 Å². The second kappa shape index (κ2) is 43.5. The van der Waals surface area contributed by atoms with E-state index in [9.17, 15) is 9.59 Å². The van der Waals surface area contributed by atoms with Crippen LogP contribution < -0.4 is 0 Å². The summed E-state index contributed by atoms with van der Waals surface area (Å²) < 4.78 is 17.2. The van der Waals surface area contributed by atoms with Crippen molar-refractivity contribution in [1.29, 1.82) is 0 Å². The Morgan fingerprint density at radius 3 is 1.38 bits per heavy atom. The molecular weight excluding hydrogens is 645 g/mol. The quantitative estimate of drug-likeness (QED) is 0.0356. The van der Waals surface area contributed by atoms with Gasteiger partial charge in [-0.2, -0.15) is 0 Å². The molecule has 0 aliphatic carbocycles. The molecule has 0 rings (SSSR count). The lowest BCUT2D eigenvalue weighted by Gasteiger charge is -2.18. The second-order valence-electron chi connectivity index (χ2n) is 14.9. The van der Waals surface area contributed by atoms with Crippen LogP contribution in [0.3, 0.4) is 0 Å². The third-order valence-corrected chi connectivity index (χ3v) is 9.69. The Morgan fingerprint density at radius 1 is 0.442 bits per heavy atom. The van der Waals surface area contributed by atoms with E-state index >= 15 is 0 Å². The Bertz CT molecular complexity index is 832. The molecule has 1 unspecified atom stereocenters. The van der Waals surface area contributed by atoms with E-state index in [1.54, 1.807) is 0 Å². The lowest BCUT2D eigenvalue weighted by atomic mass is 10.0. The van der Waals surface area contributed by atoms with Gasteiger partial charge in [0.05, 0.1) is 6.61 Å². The molecule has 0 amide bonds. The van der Waals surface area contributed by atoms with E-state index in [1.165, 1.54) is 128 Å². The Balaban J connectivity index is 4.04. The number of hydrogen-bond donors (Lipinski definition) is 0. The monoisotopic (exact) mass is 731 g/mol. The summed E-state index contributed by atoms with van der Waals surface area (Å²) >= 11 is 0. The summed E-state index contributed by atoms with van der Waals surface area (Å²) in [4.78, 5) is 25.0. The molecule has 0 spiro atoms. The number of rotatable bonds is 41. The van der Waals surface area contributed by atoms with E-state index in [0.717, 1.165) is 64.2 Å². The third kappa shape index (κ3) is 40.9. The number of ether oxygens (including phenoxy) is 3. The topological polar surface area (TPSA) is 61.8 Å². The molecule has 0 aliphatic heterocycles. The van der Waals surface area contributed by atoms with E-state index < -0.39 is 6.10 Å². The predicted molar refractivity (Wildman–Crippen MR) is 224 cm³/mol. The number of carbonyl (C=O) groups excluding carboxylic acids is 2. The maximum atomic E-state index is 12.5. The Kier molecular flexibility index (Phi) is 42.0. The zero-order valence-electron chi connectivity index (χ0n) is 34.8. The summed E-state index contributed by atoms with van der Waals surface area (Å²) in [6.45, 7) is 7.65. The van der Waals surface area contributed by atoms with Crippen molar-refractivity contribution in [1.82, 2.24) is 0 Å². The van der Waals surface area contributed by atoms with E-state index in [4.69, 9.17) is 14.2 Å². The Hall–Kier alpha value is -1.88. The molecule has 5 nitrogen and oxygen atoms in total. The van der Waals surface area contributed by atoms with Gasteiger partial charge in [-0.15, -0.1) is 0 Å². The lowest BCUT2D eigenvalue weighted by molar-refractivity contribution is -0.163. The number of carbonyl (C=O) groups is 2. The number of esters is 2. The molecule has 0 saturated heterocycles. The van der Waals surface area contributed by atoms with Gasteiger partial charge in [-0.25, -0.2) is 0 Å². The van der Waals surface area contributed by atoms with Crippen LogP contribution in [0.4, 0.5) is 0 Å². The van der Waals surface area contributed by atoms with Crippen molar-refractivity contribution < 1.29 is 23.8 Å². The average Bonchev–Trinajstić information content (AvgIpc) is 3.14. The van der Waals surface area contributed by atoms with Gasteiger partial charge in [-0.3, -0.25) is 9.59 Å². The first-order valence-corrected chi connectivity index (χ1v) is 22.5. The van der Waals surface area contributed by atoms with Crippen LogP contribution in [0, 0.1) is 0 Å². The molecule has 0 aromatic rings. The van der Waals surface area contributed by atoms with Crippen molar-refractivity contribution >= 4 is 11.9 Å². The SMILES string of the molecule is CC/C=C\C/C=C\C/C=C\CCCCCCCCCCOCC(COC(=O)CCCCCCCCCCCCCCC)OC(=O)CCCCCCC. The zero-order chi connectivity index (χ0) is 37.8. The van der Waals surface area contributed by atoms with Crippen LogP contribution in [0.2, 0.25) is 0 Å². The first kappa shape index (κ1) is 50.1. The van der Waals surface area contributed by atoms with Crippen molar-refractivity contribution in [3.63, 3.8) is 0 Å². The van der Waals surface area contributed by atoms with Crippen molar-refractivity contribution in [2.24, 2.45) is 0 Å². The molecule has 0 aliphatic rings. The largest absolute Gasteiger partial charge is 0.462 e. The van der Waals surface area contributed by atoms with Crippen molar-refractivity contribution in [3.05, 3.63) is 36.5 Å². The fourth-order valence-corrected chi connectivity index (χ4v) is 6.35. The fourth-order valence-electron chi connectivity index (χ4n) is 6.35. The summed E-state index contributed by atoms with van der Waals surface area (Å²) in [6.07, 6.45) is 50.3. The van der Waals surface area contributed by atoms with Gasteiger partial charge >= 0.3 is 11.9 Å². The van der Waals surface area contributed by atoms with Gasteiger partial charge in [0.25, 0.3) is 0 Å². The maximum Gasteiger partial charge on any atom is 0.306 e. The first-order valence-electron chi connectivity index (χ1n) is 22.5. The minimum Gasteiger partial charge on any atom is -0.462 e. The molecule has 52 heavy (non-hydrogen) atoms. The molecule has 5 heteroatoms. The highest BCUT2D eigenvalue weighted by molar-refractivity contribution is 5.70. The normalized spacial score (nSPS) is 12.4. The summed E-state index contributed by atoms with van der Waals surface area (Å²) in [6, 6.07) is 0. The van der Waals surface area contributed by atoms with Gasteiger partial charge in [-0.1, -0.05) is 198 Å². The highest BCUT2D eigenvalue weighted by Crippen LogP contribution is 2.14. The molecule has 0 N–H and O–H groups in total. The lowest BCUT2D eigenvalue weighted by Crippen LogP contribution is -2.30. The van der Waals surface area contributed by atoms with E-state index in [0.29, 0.717) is 19.4 Å². The van der Waals surface area contributed by atoms with Gasteiger partial charge in [0, 0.05) is 19.4 Å². The van der Waals surface area contributed by atoms with Crippen LogP contribution in [0.25, 0.3) is 0 Å². The smallest absolute Gasteiger partial charge is 0.306 e. The molecule has 0 aromatic carbocycles. The minimum atomic E-state index is -0.530. The van der Waals surface area contributed by atoms with Crippen molar-refractivity contribution in [3.8, 4) is 0 Å². The molecule has 0 aromatic heterocycles. The van der Waals surface area contributed by atoms with Gasteiger partial charge < -0.3 is 14.2 Å². The zero-order valence-corrected chi connectivity index (χ0v) is 34.8. The molecule has 0 saturated carbocycles. The van der Waals surface area contributed by atoms with E-state index in [-0.39, 0.29) is 25.2 Å². The van der Waals surface area contributed by atoms with E-state index in [2.05, 4.69) is 57.2 Å². The molecule has 0 bridgehead atoms. The summed E-state index contributed by atoms with van der Waals surface area (Å²) in [5.41, 5.74) is 0. The molecule has 304 valence electrons. The predicted octanol–water partition coefficient (Wildman–Crippen LogP) is 14.7. The van der Waals surface area contributed by atoms with Crippen LogP contribution in [0.5, 0.6) is 0 Å². The standard InChI is InChI=1S/C47H86O5/c1-4-7-10-13-15-17-19-21-22-23-24-25-27-29-31-33-36-39-42-50-43-45(52-47(49)41-38-34-12-9-6-3)44-51-46(48)40-37-35-32-30-28-26-20-18-16-14-11-8-5-2/h7,10,15,17,21-22,45H,4-6,8-9,11-14,16,18-20,23-44H2,1-3H3/b10-7-,17-15-,22-21-. The Morgan fingerprint density at radius 2 is 0.865 bits per heavy atom. The highest BCUT2D eigenvalue weighted by Gasteiger charge is 2.17. The minimum absolute atomic E-state index is 0.0859. The van der Waals surface area contributed by atoms with Crippen LogP contribution in [0.15, 0.2) is 36.5 Å². The number of hydrogen-bond acceptors (Lipinski definition) is 5. The van der Waals surface area contributed by atoms with E-state index in [1.807, 2.05) is 0 Å². The second-order valence-corrected chi connectivity index (χ2v) is 14.9.